The van der Waals surface area contributed by atoms with Gasteiger partial charge in [-0.2, -0.15) is 4.31 Å². The summed E-state index contributed by atoms with van der Waals surface area (Å²) in [6, 6.07) is 10.1. The molecular formula is C14H14BrClN2O2S. The van der Waals surface area contributed by atoms with E-state index in [2.05, 4.69) is 20.9 Å². The molecule has 1 heterocycles. The molecule has 112 valence electrons. The lowest BCUT2D eigenvalue weighted by molar-refractivity contribution is 0.462. The van der Waals surface area contributed by atoms with Crippen LogP contribution in [0.15, 0.2) is 45.8 Å². The Labute approximate surface area is 137 Å². The molecule has 0 spiro atoms. The highest BCUT2D eigenvalue weighted by Crippen LogP contribution is 2.27. The molecule has 2 rings (SSSR count). The Kier molecular flexibility index (Phi) is 5.03. The number of nitrogens with zero attached hydrogens (tertiary/aromatic N) is 2. The van der Waals surface area contributed by atoms with Crippen molar-refractivity contribution in [3.05, 3.63) is 57.3 Å². The maximum atomic E-state index is 12.5. The summed E-state index contributed by atoms with van der Waals surface area (Å²) in [5.41, 5.74) is 1.56. The Morgan fingerprint density at radius 1 is 1.29 bits per heavy atom. The van der Waals surface area contributed by atoms with E-state index in [1.165, 1.54) is 23.5 Å². The Balaban J connectivity index is 2.28. The lowest BCUT2D eigenvalue weighted by atomic mass is 10.3. The van der Waals surface area contributed by atoms with Gasteiger partial charge in [-0.05, 0) is 53.2 Å². The molecule has 2 aromatic rings. The largest absolute Gasteiger partial charge is 0.257 e. The predicted molar refractivity (Wildman–Crippen MR) is 86.8 cm³/mol. The number of pyridine rings is 1. The molecule has 0 fully saturated rings. The first kappa shape index (κ1) is 16.4. The smallest absolute Gasteiger partial charge is 0.243 e. The van der Waals surface area contributed by atoms with E-state index >= 15 is 0 Å². The summed E-state index contributed by atoms with van der Waals surface area (Å²) in [6.45, 7) is 2.08. The third-order valence-corrected chi connectivity index (χ3v) is 5.94. The first-order chi connectivity index (χ1) is 9.80. The summed E-state index contributed by atoms with van der Waals surface area (Å²) >= 11 is 9.13. The molecule has 0 amide bonds. The highest BCUT2D eigenvalue weighted by atomic mass is 79.9. The second-order valence-corrected chi connectivity index (χ2v) is 7.91. The van der Waals surface area contributed by atoms with Crippen molar-refractivity contribution >= 4 is 37.6 Å². The quantitative estimate of drug-likeness (QED) is 0.802. The molecule has 1 aromatic heterocycles. The van der Waals surface area contributed by atoms with Crippen molar-refractivity contribution in [2.24, 2.45) is 0 Å². The molecule has 0 radical (unpaired) electrons. The minimum atomic E-state index is -3.58. The summed E-state index contributed by atoms with van der Waals surface area (Å²) < 4.78 is 26.9. The molecule has 0 aliphatic rings. The van der Waals surface area contributed by atoms with Gasteiger partial charge in [0.25, 0.3) is 0 Å². The van der Waals surface area contributed by atoms with Crippen molar-refractivity contribution in [3.63, 3.8) is 0 Å². The molecule has 0 saturated heterocycles. The number of hydrogen-bond donors (Lipinski definition) is 0. The van der Waals surface area contributed by atoms with E-state index in [0.29, 0.717) is 15.2 Å². The third kappa shape index (κ3) is 3.83. The molecule has 0 atom stereocenters. The lowest BCUT2D eigenvalue weighted by Crippen LogP contribution is -2.27. The molecule has 0 aliphatic heterocycles. The van der Waals surface area contributed by atoms with E-state index in [1.54, 1.807) is 12.1 Å². The molecular weight excluding hydrogens is 376 g/mol. The molecule has 0 saturated carbocycles. The van der Waals surface area contributed by atoms with Gasteiger partial charge >= 0.3 is 0 Å². The molecule has 0 N–H and O–H groups in total. The van der Waals surface area contributed by atoms with Crippen molar-refractivity contribution in [2.45, 2.75) is 18.4 Å². The van der Waals surface area contributed by atoms with E-state index in [4.69, 9.17) is 11.6 Å². The van der Waals surface area contributed by atoms with Crippen LogP contribution in [0.25, 0.3) is 0 Å². The van der Waals surface area contributed by atoms with Crippen LogP contribution in [0.4, 0.5) is 0 Å². The van der Waals surface area contributed by atoms with Crippen molar-refractivity contribution in [3.8, 4) is 0 Å². The van der Waals surface area contributed by atoms with Crippen LogP contribution in [0.1, 0.15) is 11.4 Å². The summed E-state index contributed by atoms with van der Waals surface area (Å²) in [5.74, 6) is 0. The molecule has 21 heavy (non-hydrogen) atoms. The zero-order chi connectivity index (χ0) is 15.6. The second-order valence-electron chi connectivity index (χ2n) is 4.61. The van der Waals surface area contributed by atoms with Crippen molar-refractivity contribution in [1.82, 2.24) is 9.29 Å². The minimum absolute atomic E-state index is 0.189. The van der Waals surface area contributed by atoms with Gasteiger partial charge in [-0.1, -0.05) is 17.7 Å². The molecule has 0 bridgehead atoms. The van der Waals surface area contributed by atoms with Gasteiger partial charge in [0.05, 0.1) is 22.2 Å². The standard InChI is InChI=1S/C14H14BrClN2O2S/c1-10-4-3-5-11(17-10)9-18(2)21(19,20)12-6-7-14(16)13(15)8-12/h3-8H,9H2,1-2H3. The van der Waals surface area contributed by atoms with Crippen LogP contribution in [-0.2, 0) is 16.6 Å². The highest BCUT2D eigenvalue weighted by molar-refractivity contribution is 9.10. The number of aromatic nitrogens is 1. The number of rotatable bonds is 4. The summed E-state index contributed by atoms with van der Waals surface area (Å²) in [5, 5.41) is 0.469. The topological polar surface area (TPSA) is 50.3 Å². The second kappa shape index (κ2) is 6.44. The minimum Gasteiger partial charge on any atom is -0.257 e. The zero-order valence-electron chi connectivity index (χ0n) is 11.5. The van der Waals surface area contributed by atoms with Crippen molar-refractivity contribution in [2.75, 3.05) is 7.05 Å². The van der Waals surface area contributed by atoms with Gasteiger partial charge in [-0.3, -0.25) is 4.98 Å². The average molecular weight is 390 g/mol. The van der Waals surface area contributed by atoms with Crippen LogP contribution in [-0.4, -0.2) is 24.8 Å². The number of sulfonamides is 1. The fraction of sp³-hybridized carbons (Fsp3) is 0.214. The van der Waals surface area contributed by atoms with Gasteiger partial charge in [0.2, 0.25) is 10.0 Å². The fourth-order valence-corrected chi connectivity index (χ4v) is 3.63. The van der Waals surface area contributed by atoms with Gasteiger partial charge in [-0.15, -0.1) is 0 Å². The van der Waals surface area contributed by atoms with Crippen LogP contribution in [0.5, 0.6) is 0 Å². The Morgan fingerprint density at radius 2 is 2.00 bits per heavy atom. The Bertz CT molecular complexity index is 765. The zero-order valence-corrected chi connectivity index (χ0v) is 14.7. The summed E-state index contributed by atoms with van der Waals surface area (Å²) in [6.07, 6.45) is 0. The lowest BCUT2D eigenvalue weighted by Gasteiger charge is -2.17. The number of halogens is 2. The average Bonchev–Trinajstić information content (AvgIpc) is 2.41. The normalized spacial score (nSPS) is 11.9. The van der Waals surface area contributed by atoms with E-state index in [-0.39, 0.29) is 11.4 Å². The highest BCUT2D eigenvalue weighted by Gasteiger charge is 2.22. The molecule has 1 aromatic carbocycles. The Hall–Kier alpha value is -0.950. The number of aryl methyl sites for hydroxylation is 1. The predicted octanol–water partition coefficient (Wildman–Crippen LogP) is 3.63. The van der Waals surface area contributed by atoms with Crippen LogP contribution < -0.4 is 0 Å². The maximum absolute atomic E-state index is 12.5. The van der Waals surface area contributed by atoms with Gasteiger partial charge in [0.1, 0.15) is 0 Å². The van der Waals surface area contributed by atoms with Gasteiger partial charge in [0.15, 0.2) is 0 Å². The van der Waals surface area contributed by atoms with E-state index in [0.717, 1.165) is 5.69 Å². The van der Waals surface area contributed by atoms with Crippen LogP contribution in [0, 0.1) is 6.92 Å². The van der Waals surface area contributed by atoms with Gasteiger partial charge < -0.3 is 0 Å². The van der Waals surface area contributed by atoms with Gasteiger partial charge in [0, 0.05) is 17.2 Å². The van der Waals surface area contributed by atoms with Crippen LogP contribution in [0.3, 0.4) is 0 Å². The van der Waals surface area contributed by atoms with Crippen LogP contribution >= 0.6 is 27.5 Å². The van der Waals surface area contributed by atoms with E-state index < -0.39 is 10.0 Å². The first-order valence-corrected chi connectivity index (χ1v) is 8.76. The van der Waals surface area contributed by atoms with Crippen molar-refractivity contribution in [1.29, 1.82) is 0 Å². The number of hydrogen-bond acceptors (Lipinski definition) is 3. The monoisotopic (exact) mass is 388 g/mol. The van der Waals surface area contributed by atoms with Gasteiger partial charge in [-0.25, -0.2) is 8.42 Å². The third-order valence-electron chi connectivity index (χ3n) is 2.93. The van der Waals surface area contributed by atoms with Crippen molar-refractivity contribution < 1.29 is 8.42 Å². The molecule has 0 aliphatic carbocycles. The van der Waals surface area contributed by atoms with Crippen LogP contribution in [0.2, 0.25) is 5.02 Å². The van der Waals surface area contributed by atoms with E-state index in [1.807, 2.05) is 19.1 Å². The number of benzene rings is 1. The molecule has 4 nitrogen and oxygen atoms in total. The Morgan fingerprint density at radius 3 is 2.62 bits per heavy atom. The fourth-order valence-electron chi connectivity index (χ4n) is 1.82. The van der Waals surface area contributed by atoms with E-state index in [9.17, 15) is 8.42 Å². The summed E-state index contributed by atoms with van der Waals surface area (Å²) in [4.78, 5) is 4.50. The SMILES string of the molecule is Cc1cccc(CN(C)S(=O)(=O)c2ccc(Cl)c(Br)c2)n1. The molecule has 7 heteroatoms. The maximum Gasteiger partial charge on any atom is 0.243 e. The first-order valence-electron chi connectivity index (χ1n) is 6.14. The summed E-state index contributed by atoms with van der Waals surface area (Å²) in [7, 11) is -2.05. The molecule has 0 unspecified atom stereocenters.